The van der Waals surface area contributed by atoms with Crippen LogP contribution in [-0.2, 0) is 10.8 Å². The van der Waals surface area contributed by atoms with Gasteiger partial charge in [0, 0.05) is 12.1 Å². The first-order valence-corrected chi connectivity index (χ1v) is 9.38. The number of hydrogen-bond acceptors (Lipinski definition) is 5. The number of allylic oxidation sites excluding steroid dienone is 1. The smallest absolute Gasteiger partial charge is 0.202 e. The summed E-state index contributed by atoms with van der Waals surface area (Å²) in [5, 5.41) is 0. The number of likely N-dealkylation sites (N-methyl/N-ethyl adjacent to an activating group) is 1. The van der Waals surface area contributed by atoms with Crippen molar-refractivity contribution in [2.75, 3.05) is 34.4 Å². The van der Waals surface area contributed by atoms with Crippen LogP contribution in [0.1, 0.15) is 15.9 Å². The predicted octanol–water partition coefficient (Wildman–Crippen LogP) is 2.98. The van der Waals surface area contributed by atoms with Gasteiger partial charge in [0.15, 0.2) is 0 Å². The fourth-order valence-electron chi connectivity index (χ4n) is 2.58. The molecule has 0 spiro atoms. The Labute approximate surface area is 155 Å². The summed E-state index contributed by atoms with van der Waals surface area (Å²) in [4.78, 5) is 15.7. The van der Waals surface area contributed by atoms with Crippen molar-refractivity contribution in [1.82, 2.24) is 4.90 Å². The monoisotopic (exact) mass is 371 g/mol. The van der Waals surface area contributed by atoms with Crippen LogP contribution in [0.3, 0.4) is 0 Å². The van der Waals surface area contributed by atoms with Crippen LogP contribution < -0.4 is 9.47 Å². The minimum absolute atomic E-state index is 0.238. The molecule has 1 atom stereocenters. The molecule has 0 amide bonds. The number of ketones is 1. The summed E-state index contributed by atoms with van der Waals surface area (Å²) in [6.45, 7) is 1.39. The van der Waals surface area contributed by atoms with Crippen molar-refractivity contribution in [1.29, 1.82) is 0 Å². The van der Waals surface area contributed by atoms with Gasteiger partial charge in [0.05, 0.1) is 27.7 Å². The largest absolute Gasteiger partial charge is 0.497 e. The van der Waals surface area contributed by atoms with Gasteiger partial charge in [0.1, 0.15) is 18.1 Å². The highest BCUT2D eigenvalue weighted by Gasteiger charge is 2.27. The maximum absolute atomic E-state index is 12.8. The first-order valence-electron chi connectivity index (χ1n) is 8.23. The Morgan fingerprint density at radius 3 is 2.42 bits per heavy atom. The first-order chi connectivity index (χ1) is 12.5. The lowest BCUT2D eigenvalue weighted by atomic mass is 10.1. The van der Waals surface area contributed by atoms with Crippen molar-refractivity contribution in [3.05, 3.63) is 58.5 Å². The minimum Gasteiger partial charge on any atom is -0.497 e. The second-order valence-corrected chi connectivity index (χ2v) is 7.60. The van der Waals surface area contributed by atoms with E-state index in [9.17, 15) is 9.00 Å². The number of carbonyl (C=O) groups excluding carboxylic acids is 1. The molecule has 0 saturated heterocycles. The molecule has 0 aromatic heterocycles. The van der Waals surface area contributed by atoms with E-state index in [1.165, 1.54) is 0 Å². The lowest BCUT2D eigenvalue weighted by Crippen LogP contribution is -2.19. The molecular weight excluding hydrogens is 350 g/mol. The highest BCUT2D eigenvalue weighted by atomic mass is 32.2. The molecule has 0 radical (unpaired) electrons. The zero-order valence-corrected chi connectivity index (χ0v) is 15.8. The van der Waals surface area contributed by atoms with Gasteiger partial charge in [-0.15, -0.1) is 0 Å². The number of hydrogen-bond donors (Lipinski definition) is 0. The van der Waals surface area contributed by atoms with Crippen LogP contribution in [0.15, 0.2) is 52.3 Å². The Morgan fingerprint density at radius 2 is 1.77 bits per heavy atom. The summed E-state index contributed by atoms with van der Waals surface area (Å²) in [6.07, 6.45) is 1.69. The maximum Gasteiger partial charge on any atom is 0.202 e. The predicted molar refractivity (Wildman–Crippen MR) is 102 cm³/mol. The number of ether oxygens (including phenoxy) is 2. The summed E-state index contributed by atoms with van der Waals surface area (Å²) in [5.74, 6) is 1.09. The van der Waals surface area contributed by atoms with Crippen LogP contribution in [0.25, 0.3) is 6.08 Å². The van der Waals surface area contributed by atoms with E-state index in [0.29, 0.717) is 28.6 Å². The van der Waals surface area contributed by atoms with E-state index in [-0.39, 0.29) is 10.7 Å². The average molecular weight is 371 g/mol. The number of Topliss-reactive ketones (excluding diaryl/α,β-unsaturated/α-hetero) is 1. The normalized spacial score (nSPS) is 15.5. The zero-order chi connectivity index (χ0) is 18.7. The van der Waals surface area contributed by atoms with Gasteiger partial charge in [-0.3, -0.25) is 4.79 Å². The average Bonchev–Trinajstić information content (AvgIpc) is 2.97. The molecule has 2 aromatic rings. The molecule has 1 aliphatic heterocycles. The van der Waals surface area contributed by atoms with Crippen LogP contribution >= 0.6 is 0 Å². The Balaban J connectivity index is 1.73. The molecule has 136 valence electrons. The lowest BCUT2D eigenvalue weighted by molar-refractivity contribution is 0.104. The van der Waals surface area contributed by atoms with Crippen LogP contribution in [0, 0.1) is 0 Å². The van der Waals surface area contributed by atoms with Gasteiger partial charge in [-0.05, 0) is 62.1 Å². The van der Waals surface area contributed by atoms with Crippen molar-refractivity contribution in [2.45, 2.75) is 4.90 Å². The maximum atomic E-state index is 12.8. The molecule has 1 aliphatic rings. The molecule has 0 bridgehead atoms. The molecule has 26 heavy (non-hydrogen) atoms. The molecule has 5 nitrogen and oxygen atoms in total. The van der Waals surface area contributed by atoms with E-state index in [2.05, 4.69) is 0 Å². The van der Waals surface area contributed by atoms with Gasteiger partial charge in [0.25, 0.3) is 0 Å². The van der Waals surface area contributed by atoms with Gasteiger partial charge in [-0.2, -0.15) is 0 Å². The second kappa shape index (κ2) is 7.85. The van der Waals surface area contributed by atoms with Crippen LogP contribution in [-0.4, -0.2) is 49.2 Å². The van der Waals surface area contributed by atoms with E-state index in [4.69, 9.17) is 9.47 Å². The van der Waals surface area contributed by atoms with Gasteiger partial charge >= 0.3 is 0 Å². The van der Waals surface area contributed by atoms with E-state index >= 15 is 0 Å². The summed E-state index contributed by atoms with van der Waals surface area (Å²) in [6, 6.07) is 12.2. The van der Waals surface area contributed by atoms with E-state index in [1.807, 2.05) is 25.1 Å². The number of rotatable bonds is 7. The van der Waals surface area contributed by atoms with Gasteiger partial charge in [-0.25, -0.2) is 4.21 Å². The minimum atomic E-state index is -1.50. The molecule has 0 fully saturated rings. The standard InChI is InChI=1S/C20H21NO4S/c1-21(2)10-11-25-16-7-4-14(5-8-16)20(22)19-12-15-6-9-17(24-3)13-18(15)26(19)23/h4-9,12-13H,10-11H2,1-3H3. The molecular formula is C20H21NO4S. The Bertz CT molecular complexity index is 872. The number of carbonyl (C=O) groups is 1. The Morgan fingerprint density at radius 1 is 1.08 bits per heavy atom. The van der Waals surface area contributed by atoms with Crippen LogP contribution in [0.5, 0.6) is 11.5 Å². The quantitative estimate of drug-likeness (QED) is 0.701. The number of methoxy groups -OCH3 is 1. The zero-order valence-electron chi connectivity index (χ0n) is 15.0. The fraction of sp³-hybridized carbons (Fsp3) is 0.250. The molecule has 0 saturated carbocycles. The van der Waals surface area contributed by atoms with Crippen molar-refractivity contribution < 1.29 is 18.5 Å². The van der Waals surface area contributed by atoms with Crippen molar-refractivity contribution in [3.8, 4) is 11.5 Å². The molecule has 3 rings (SSSR count). The SMILES string of the molecule is COc1ccc2c(c1)S(=O)C(C(=O)c1ccc(OCCN(C)C)cc1)=C2. The highest BCUT2D eigenvalue weighted by molar-refractivity contribution is 7.90. The third-order valence-corrected chi connectivity index (χ3v) is 5.51. The molecule has 1 heterocycles. The van der Waals surface area contributed by atoms with Crippen molar-refractivity contribution in [3.63, 3.8) is 0 Å². The fourth-order valence-corrected chi connectivity index (χ4v) is 3.90. The van der Waals surface area contributed by atoms with Crippen LogP contribution in [0.4, 0.5) is 0 Å². The second-order valence-electron chi connectivity index (χ2n) is 6.19. The van der Waals surface area contributed by atoms with E-state index in [1.54, 1.807) is 49.6 Å². The third kappa shape index (κ3) is 3.86. The summed E-state index contributed by atoms with van der Waals surface area (Å²) < 4.78 is 23.5. The summed E-state index contributed by atoms with van der Waals surface area (Å²) in [7, 11) is 4.02. The van der Waals surface area contributed by atoms with Crippen molar-refractivity contribution in [2.24, 2.45) is 0 Å². The van der Waals surface area contributed by atoms with Gasteiger partial charge < -0.3 is 14.4 Å². The Hall–Kier alpha value is -2.44. The lowest BCUT2D eigenvalue weighted by Gasteiger charge is -2.11. The molecule has 6 heteroatoms. The highest BCUT2D eigenvalue weighted by Crippen LogP contribution is 2.34. The summed E-state index contributed by atoms with van der Waals surface area (Å²) >= 11 is 0. The summed E-state index contributed by atoms with van der Waals surface area (Å²) in [5.41, 5.74) is 1.28. The molecule has 1 unspecified atom stereocenters. The topological polar surface area (TPSA) is 55.8 Å². The molecule has 2 aromatic carbocycles. The van der Waals surface area contributed by atoms with E-state index in [0.717, 1.165) is 12.1 Å². The Kier molecular flexibility index (Phi) is 5.54. The van der Waals surface area contributed by atoms with Gasteiger partial charge in [-0.1, -0.05) is 6.07 Å². The molecule has 0 N–H and O–H groups in total. The third-order valence-electron chi connectivity index (χ3n) is 4.05. The number of nitrogens with zero attached hydrogens (tertiary/aromatic N) is 1. The number of fused-ring (bicyclic) bond motifs is 1. The van der Waals surface area contributed by atoms with Crippen LogP contribution in [0.2, 0.25) is 0 Å². The van der Waals surface area contributed by atoms with E-state index < -0.39 is 10.8 Å². The van der Waals surface area contributed by atoms with Crippen molar-refractivity contribution >= 4 is 22.7 Å². The first kappa shape index (κ1) is 18.4. The number of benzene rings is 2. The van der Waals surface area contributed by atoms with Gasteiger partial charge in [0.2, 0.25) is 5.78 Å². The molecule has 0 aliphatic carbocycles.